The van der Waals surface area contributed by atoms with Crippen LogP contribution in [-0.2, 0) is 0 Å². The van der Waals surface area contributed by atoms with Gasteiger partial charge in [-0.1, -0.05) is 0 Å². The molecule has 0 aromatic carbocycles. The van der Waals surface area contributed by atoms with E-state index >= 15 is 0 Å². The highest BCUT2D eigenvalue weighted by molar-refractivity contribution is 4.89. The Balaban J connectivity index is 1.52. The van der Waals surface area contributed by atoms with Gasteiger partial charge in [-0.05, 0) is 38.1 Å². The number of rotatable bonds is 3. The molecule has 0 spiro atoms. The molecule has 4 N–H and O–H groups in total. The Kier molecular flexibility index (Phi) is 2.35. The van der Waals surface area contributed by atoms with Gasteiger partial charge in [-0.2, -0.15) is 0 Å². The van der Waals surface area contributed by atoms with E-state index < -0.39 is 0 Å². The molecule has 0 aromatic heterocycles. The standard InChI is InChI=1S/C9H18N2O/c10-7-3-8(4-7)11-5-6-1-9(12)2-6/h6-9,11-12H,1-5,10H2. The van der Waals surface area contributed by atoms with Crippen LogP contribution in [0.5, 0.6) is 0 Å². The van der Waals surface area contributed by atoms with Gasteiger partial charge in [0.25, 0.3) is 0 Å². The lowest BCUT2D eigenvalue weighted by Crippen LogP contribution is -2.50. The fourth-order valence-electron chi connectivity index (χ4n) is 2.03. The van der Waals surface area contributed by atoms with E-state index in [1.165, 1.54) is 0 Å². The molecule has 2 saturated carbocycles. The summed E-state index contributed by atoms with van der Waals surface area (Å²) in [7, 11) is 0. The largest absolute Gasteiger partial charge is 0.393 e. The Labute approximate surface area is 73.3 Å². The minimum absolute atomic E-state index is 0.0135. The predicted octanol–water partition coefficient (Wildman–Crippen LogP) is -0.163. The van der Waals surface area contributed by atoms with Gasteiger partial charge in [0.1, 0.15) is 0 Å². The second-order valence-corrected chi connectivity index (χ2v) is 4.33. The van der Waals surface area contributed by atoms with Crippen LogP contribution in [0.3, 0.4) is 0 Å². The summed E-state index contributed by atoms with van der Waals surface area (Å²) in [6.45, 7) is 1.08. The average molecular weight is 170 g/mol. The van der Waals surface area contributed by atoms with Crippen molar-refractivity contribution in [2.45, 2.75) is 43.9 Å². The van der Waals surface area contributed by atoms with Crippen molar-refractivity contribution in [3.8, 4) is 0 Å². The van der Waals surface area contributed by atoms with E-state index in [0.29, 0.717) is 12.1 Å². The van der Waals surface area contributed by atoms with Crippen molar-refractivity contribution in [1.82, 2.24) is 5.32 Å². The highest BCUT2D eigenvalue weighted by atomic mass is 16.3. The molecule has 2 fully saturated rings. The first-order chi connectivity index (χ1) is 5.74. The van der Waals surface area contributed by atoms with Gasteiger partial charge in [0, 0.05) is 12.1 Å². The van der Waals surface area contributed by atoms with Gasteiger partial charge in [0.15, 0.2) is 0 Å². The quantitative estimate of drug-likeness (QED) is 0.551. The molecule has 2 aliphatic carbocycles. The van der Waals surface area contributed by atoms with E-state index in [1.54, 1.807) is 0 Å². The molecule has 0 saturated heterocycles. The Bertz CT molecular complexity index is 133. The van der Waals surface area contributed by atoms with Crippen molar-refractivity contribution in [1.29, 1.82) is 0 Å². The second kappa shape index (κ2) is 3.32. The molecular weight excluding hydrogens is 152 g/mol. The van der Waals surface area contributed by atoms with Crippen LogP contribution in [0.2, 0.25) is 0 Å². The summed E-state index contributed by atoms with van der Waals surface area (Å²) in [4.78, 5) is 0. The van der Waals surface area contributed by atoms with E-state index in [9.17, 15) is 0 Å². The molecule has 3 nitrogen and oxygen atoms in total. The topological polar surface area (TPSA) is 58.3 Å². The van der Waals surface area contributed by atoms with E-state index in [4.69, 9.17) is 10.8 Å². The van der Waals surface area contributed by atoms with E-state index in [0.717, 1.165) is 38.1 Å². The van der Waals surface area contributed by atoms with Gasteiger partial charge < -0.3 is 16.2 Å². The monoisotopic (exact) mass is 170 g/mol. The summed E-state index contributed by atoms with van der Waals surface area (Å²) in [6.07, 6.45) is 4.24. The Morgan fingerprint density at radius 2 is 1.92 bits per heavy atom. The average Bonchev–Trinajstić information content (AvgIpc) is 1.91. The lowest BCUT2D eigenvalue weighted by atomic mass is 9.81. The second-order valence-electron chi connectivity index (χ2n) is 4.33. The van der Waals surface area contributed by atoms with Gasteiger partial charge in [-0.15, -0.1) is 0 Å². The fourth-order valence-corrected chi connectivity index (χ4v) is 2.03. The summed E-state index contributed by atoms with van der Waals surface area (Å²) >= 11 is 0. The molecule has 3 heteroatoms. The smallest absolute Gasteiger partial charge is 0.0546 e. The molecule has 0 heterocycles. The maximum absolute atomic E-state index is 9.05. The minimum Gasteiger partial charge on any atom is -0.393 e. The van der Waals surface area contributed by atoms with Crippen LogP contribution in [0.15, 0.2) is 0 Å². The van der Waals surface area contributed by atoms with E-state index in [2.05, 4.69) is 5.32 Å². The zero-order valence-electron chi connectivity index (χ0n) is 7.37. The normalized spacial score (nSPS) is 46.5. The molecule has 2 rings (SSSR count). The first kappa shape index (κ1) is 8.48. The van der Waals surface area contributed by atoms with E-state index in [-0.39, 0.29) is 6.10 Å². The van der Waals surface area contributed by atoms with Crippen molar-refractivity contribution in [2.75, 3.05) is 6.54 Å². The highest BCUT2D eigenvalue weighted by Gasteiger charge is 2.30. The zero-order chi connectivity index (χ0) is 8.55. The first-order valence-electron chi connectivity index (χ1n) is 4.91. The molecular formula is C9H18N2O. The van der Waals surface area contributed by atoms with Crippen molar-refractivity contribution >= 4 is 0 Å². The zero-order valence-corrected chi connectivity index (χ0v) is 7.37. The fraction of sp³-hybridized carbons (Fsp3) is 1.00. The third-order valence-electron chi connectivity index (χ3n) is 3.08. The molecule has 0 radical (unpaired) electrons. The molecule has 0 bridgehead atoms. The van der Waals surface area contributed by atoms with Crippen LogP contribution in [0, 0.1) is 5.92 Å². The number of aliphatic hydroxyl groups excluding tert-OH is 1. The number of hydrogen-bond acceptors (Lipinski definition) is 3. The van der Waals surface area contributed by atoms with Crippen LogP contribution in [0.4, 0.5) is 0 Å². The van der Waals surface area contributed by atoms with Gasteiger partial charge in [0.05, 0.1) is 6.10 Å². The van der Waals surface area contributed by atoms with Crippen LogP contribution < -0.4 is 11.1 Å². The molecule has 0 aromatic rings. The molecule has 0 amide bonds. The van der Waals surface area contributed by atoms with Crippen LogP contribution in [-0.4, -0.2) is 29.8 Å². The summed E-state index contributed by atoms with van der Waals surface area (Å²) in [5.74, 6) is 0.719. The van der Waals surface area contributed by atoms with Crippen LogP contribution in [0.25, 0.3) is 0 Å². The van der Waals surface area contributed by atoms with Crippen LogP contribution >= 0.6 is 0 Å². The summed E-state index contributed by atoms with van der Waals surface area (Å²) in [5.41, 5.74) is 5.66. The minimum atomic E-state index is -0.0135. The summed E-state index contributed by atoms with van der Waals surface area (Å²) in [6, 6.07) is 1.10. The Hall–Kier alpha value is -0.120. The van der Waals surface area contributed by atoms with Crippen molar-refractivity contribution in [2.24, 2.45) is 11.7 Å². The molecule has 0 unspecified atom stereocenters. The van der Waals surface area contributed by atoms with Crippen molar-refractivity contribution in [3.05, 3.63) is 0 Å². The highest BCUT2D eigenvalue weighted by Crippen LogP contribution is 2.27. The molecule has 70 valence electrons. The summed E-state index contributed by atoms with van der Waals surface area (Å²) < 4.78 is 0. The predicted molar refractivity (Wildman–Crippen MR) is 47.7 cm³/mol. The summed E-state index contributed by atoms with van der Waals surface area (Å²) in [5, 5.41) is 12.5. The molecule has 0 atom stereocenters. The Morgan fingerprint density at radius 3 is 2.42 bits per heavy atom. The van der Waals surface area contributed by atoms with Gasteiger partial charge >= 0.3 is 0 Å². The van der Waals surface area contributed by atoms with Gasteiger partial charge in [-0.25, -0.2) is 0 Å². The van der Waals surface area contributed by atoms with Crippen molar-refractivity contribution < 1.29 is 5.11 Å². The number of nitrogens with one attached hydrogen (secondary N) is 1. The third-order valence-corrected chi connectivity index (χ3v) is 3.08. The van der Waals surface area contributed by atoms with Gasteiger partial charge in [-0.3, -0.25) is 0 Å². The third kappa shape index (κ3) is 1.79. The van der Waals surface area contributed by atoms with Crippen LogP contribution in [0.1, 0.15) is 25.7 Å². The van der Waals surface area contributed by atoms with Gasteiger partial charge in [0.2, 0.25) is 0 Å². The molecule has 12 heavy (non-hydrogen) atoms. The maximum Gasteiger partial charge on any atom is 0.0546 e. The lowest BCUT2D eigenvalue weighted by molar-refractivity contribution is 0.0400. The number of aliphatic hydroxyl groups is 1. The first-order valence-corrected chi connectivity index (χ1v) is 4.91. The molecule has 0 aliphatic heterocycles. The number of hydrogen-bond donors (Lipinski definition) is 3. The maximum atomic E-state index is 9.05. The molecule has 2 aliphatic rings. The van der Waals surface area contributed by atoms with Crippen molar-refractivity contribution in [3.63, 3.8) is 0 Å². The van der Waals surface area contributed by atoms with E-state index in [1.807, 2.05) is 0 Å². The SMILES string of the molecule is NC1CC(NCC2CC(O)C2)C1. The Morgan fingerprint density at radius 1 is 1.25 bits per heavy atom. The lowest BCUT2D eigenvalue weighted by Gasteiger charge is -2.37. The number of nitrogens with two attached hydrogens (primary N) is 1.